The van der Waals surface area contributed by atoms with Crippen LogP contribution in [0.2, 0.25) is 0 Å². The highest BCUT2D eigenvalue weighted by Gasteiger charge is 2.36. The maximum Gasteiger partial charge on any atom is 0.214 e. The highest BCUT2D eigenvalue weighted by atomic mass is 32.2. The lowest BCUT2D eigenvalue weighted by molar-refractivity contribution is 0.167. The van der Waals surface area contributed by atoms with Crippen molar-refractivity contribution < 1.29 is 8.42 Å². The van der Waals surface area contributed by atoms with E-state index in [2.05, 4.69) is 38.9 Å². The molecule has 6 heteroatoms. The molecule has 0 spiro atoms. The molecule has 1 aromatic carbocycles. The fourth-order valence-electron chi connectivity index (χ4n) is 3.65. The van der Waals surface area contributed by atoms with Crippen molar-refractivity contribution in [3.8, 4) is 0 Å². The first-order valence-corrected chi connectivity index (χ1v) is 10.4. The van der Waals surface area contributed by atoms with E-state index in [4.69, 9.17) is 0 Å². The summed E-state index contributed by atoms with van der Waals surface area (Å²) in [5, 5.41) is 1.13. The number of para-hydroxylation sites is 1. The Hall–Kier alpha value is -1.37. The molecule has 1 aromatic heterocycles. The van der Waals surface area contributed by atoms with E-state index in [9.17, 15) is 8.42 Å². The zero-order chi connectivity index (χ0) is 16.6. The van der Waals surface area contributed by atoms with Crippen molar-refractivity contribution in [3.63, 3.8) is 0 Å². The van der Waals surface area contributed by atoms with Crippen LogP contribution in [0.5, 0.6) is 0 Å². The summed E-state index contributed by atoms with van der Waals surface area (Å²) >= 11 is 0. The van der Waals surface area contributed by atoms with Crippen LogP contribution in [0.1, 0.15) is 31.4 Å². The van der Waals surface area contributed by atoms with Gasteiger partial charge < -0.3 is 4.98 Å². The van der Waals surface area contributed by atoms with Crippen LogP contribution in [0, 0.1) is 5.92 Å². The maximum atomic E-state index is 12.0. The molecule has 2 aromatic rings. The van der Waals surface area contributed by atoms with Gasteiger partial charge in [0.05, 0.1) is 5.25 Å². The van der Waals surface area contributed by atoms with Crippen LogP contribution in [0.3, 0.4) is 0 Å². The second-order valence-corrected chi connectivity index (χ2v) is 9.26. The minimum Gasteiger partial charge on any atom is -0.357 e. The van der Waals surface area contributed by atoms with Crippen molar-refractivity contribution in [1.82, 2.24) is 14.6 Å². The monoisotopic (exact) mass is 347 g/mol. The number of hydrogen-bond donors (Lipinski definition) is 2. The number of sulfonamides is 1. The SMILES string of the molecule is O=S(=O)(NC[C@@H]1CCCN(Cc2cc3ccccc3[nH]2)C1)C1CC1. The molecule has 130 valence electrons. The number of hydrogen-bond acceptors (Lipinski definition) is 3. The summed E-state index contributed by atoms with van der Waals surface area (Å²) in [5.41, 5.74) is 2.41. The molecule has 5 nitrogen and oxygen atoms in total. The van der Waals surface area contributed by atoms with Crippen LogP contribution in [0.25, 0.3) is 10.9 Å². The molecule has 0 radical (unpaired) electrons. The van der Waals surface area contributed by atoms with Crippen LogP contribution >= 0.6 is 0 Å². The average molecular weight is 347 g/mol. The minimum atomic E-state index is -3.05. The van der Waals surface area contributed by atoms with Crippen LogP contribution < -0.4 is 4.72 Å². The van der Waals surface area contributed by atoms with E-state index < -0.39 is 10.0 Å². The number of aromatic amines is 1. The molecule has 0 bridgehead atoms. The van der Waals surface area contributed by atoms with Gasteiger partial charge in [0.25, 0.3) is 0 Å². The van der Waals surface area contributed by atoms with Crippen molar-refractivity contribution in [3.05, 3.63) is 36.0 Å². The van der Waals surface area contributed by atoms with Crippen molar-refractivity contribution in [2.24, 2.45) is 5.92 Å². The summed E-state index contributed by atoms with van der Waals surface area (Å²) in [6.45, 7) is 3.53. The smallest absolute Gasteiger partial charge is 0.214 e. The molecular formula is C18H25N3O2S. The van der Waals surface area contributed by atoms with E-state index in [-0.39, 0.29) is 5.25 Å². The van der Waals surface area contributed by atoms with E-state index in [0.29, 0.717) is 12.5 Å². The van der Waals surface area contributed by atoms with Gasteiger partial charge in [-0.25, -0.2) is 13.1 Å². The van der Waals surface area contributed by atoms with Crippen molar-refractivity contribution in [2.75, 3.05) is 19.6 Å². The first-order valence-electron chi connectivity index (χ1n) is 8.87. The molecule has 1 aliphatic carbocycles. The van der Waals surface area contributed by atoms with Crippen LogP contribution in [-0.2, 0) is 16.6 Å². The fourth-order valence-corrected chi connectivity index (χ4v) is 5.11. The third-order valence-corrected chi connectivity index (χ3v) is 7.04. The number of nitrogens with one attached hydrogen (secondary N) is 2. The second kappa shape index (κ2) is 6.50. The fraction of sp³-hybridized carbons (Fsp3) is 0.556. The standard InChI is InChI=1S/C18H25N3O2S/c22-24(23,17-7-8-17)19-11-14-4-3-9-21(12-14)13-16-10-15-5-1-2-6-18(15)20-16/h1-2,5-6,10,14,17,19-20H,3-4,7-9,11-13H2/t14-/m0/s1. The maximum absolute atomic E-state index is 12.0. The molecule has 1 saturated heterocycles. The third kappa shape index (κ3) is 3.66. The van der Waals surface area contributed by atoms with Gasteiger partial charge in [-0.3, -0.25) is 4.90 Å². The Balaban J connectivity index is 1.34. The Morgan fingerprint density at radius 2 is 2.04 bits per heavy atom. The number of fused-ring (bicyclic) bond motifs is 1. The number of piperidine rings is 1. The van der Waals surface area contributed by atoms with E-state index >= 15 is 0 Å². The highest BCUT2D eigenvalue weighted by Crippen LogP contribution is 2.28. The summed E-state index contributed by atoms with van der Waals surface area (Å²) in [7, 11) is -3.05. The van der Waals surface area contributed by atoms with Gasteiger partial charge in [0.2, 0.25) is 10.0 Å². The minimum absolute atomic E-state index is 0.122. The number of rotatable bonds is 6. The van der Waals surface area contributed by atoms with Crippen LogP contribution in [0.4, 0.5) is 0 Å². The Kier molecular flexibility index (Phi) is 4.37. The lowest BCUT2D eigenvalue weighted by Crippen LogP contribution is -2.41. The number of benzene rings is 1. The zero-order valence-electron chi connectivity index (χ0n) is 13.9. The summed E-state index contributed by atoms with van der Waals surface area (Å²) < 4.78 is 26.8. The van der Waals surface area contributed by atoms with Gasteiger partial charge in [-0.05, 0) is 55.7 Å². The van der Waals surface area contributed by atoms with Gasteiger partial charge in [0.15, 0.2) is 0 Å². The van der Waals surface area contributed by atoms with Gasteiger partial charge in [0, 0.05) is 30.8 Å². The molecule has 4 rings (SSSR count). The first-order chi connectivity index (χ1) is 11.6. The van der Waals surface area contributed by atoms with Gasteiger partial charge >= 0.3 is 0 Å². The Morgan fingerprint density at radius 3 is 2.83 bits per heavy atom. The predicted molar refractivity (Wildman–Crippen MR) is 96.2 cm³/mol. The summed E-state index contributed by atoms with van der Waals surface area (Å²) in [5.74, 6) is 0.414. The summed E-state index contributed by atoms with van der Waals surface area (Å²) in [6, 6.07) is 10.6. The molecule has 24 heavy (non-hydrogen) atoms. The summed E-state index contributed by atoms with van der Waals surface area (Å²) in [4.78, 5) is 5.92. The predicted octanol–water partition coefficient (Wildman–Crippen LogP) is 2.46. The van der Waals surface area contributed by atoms with E-state index in [1.807, 2.05) is 6.07 Å². The second-order valence-electron chi connectivity index (χ2n) is 7.22. The number of H-pyrrole nitrogens is 1. The van der Waals surface area contributed by atoms with E-state index in [0.717, 1.165) is 45.3 Å². The Morgan fingerprint density at radius 1 is 1.21 bits per heavy atom. The average Bonchev–Trinajstić information content (AvgIpc) is 3.35. The molecule has 2 aliphatic rings. The van der Waals surface area contributed by atoms with Gasteiger partial charge in [-0.1, -0.05) is 18.2 Å². The van der Waals surface area contributed by atoms with E-state index in [1.54, 1.807) is 0 Å². The van der Waals surface area contributed by atoms with Crippen LogP contribution in [-0.4, -0.2) is 43.2 Å². The van der Waals surface area contributed by atoms with E-state index in [1.165, 1.54) is 16.6 Å². The van der Waals surface area contributed by atoms with Crippen molar-refractivity contribution in [2.45, 2.75) is 37.5 Å². The molecule has 2 heterocycles. The molecule has 1 atom stereocenters. The molecule has 2 fully saturated rings. The van der Waals surface area contributed by atoms with Crippen molar-refractivity contribution in [1.29, 1.82) is 0 Å². The summed E-state index contributed by atoms with van der Waals surface area (Å²) in [6.07, 6.45) is 3.89. The zero-order valence-corrected chi connectivity index (χ0v) is 14.7. The third-order valence-electron chi connectivity index (χ3n) is 5.12. The topological polar surface area (TPSA) is 65.2 Å². The Labute approximate surface area is 143 Å². The largest absolute Gasteiger partial charge is 0.357 e. The quantitative estimate of drug-likeness (QED) is 0.844. The number of nitrogens with zero attached hydrogens (tertiary/aromatic N) is 1. The molecular weight excluding hydrogens is 322 g/mol. The highest BCUT2D eigenvalue weighted by molar-refractivity contribution is 7.90. The van der Waals surface area contributed by atoms with Crippen molar-refractivity contribution >= 4 is 20.9 Å². The molecule has 2 N–H and O–H groups in total. The first kappa shape index (κ1) is 16.1. The number of likely N-dealkylation sites (tertiary alicyclic amines) is 1. The van der Waals surface area contributed by atoms with Gasteiger partial charge in [0.1, 0.15) is 0 Å². The lowest BCUT2D eigenvalue weighted by atomic mass is 9.98. The van der Waals surface area contributed by atoms with Crippen LogP contribution in [0.15, 0.2) is 30.3 Å². The molecule has 1 aliphatic heterocycles. The molecule has 0 amide bonds. The lowest BCUT2D eigenvalue weighted by Gasteiger charge is -2.32. The van der Waals surface area contributed by atoms with Gasteiger partial charge in [-0.15, -0.1) is 0 Å². The molecule has 1 saturated carbocycles. The normalized spacial score (nSPS) is 22.9. The molecule has 0 unspecified atom stereocenters. The van der Waals surface area contributed by atoms with Gasteiger partial charge in [-0.2, -0.15) is 0 Å². The Bertz CT molecular complexity index is 778. The number of aromatic nitrogens is 1.